The maximum atomic E-state index is 15.7. The number of tetrazole rings is 1. The molecule has 3 aromatic carbocycles. The summed E-state index contributed by atoms with van der Waals surface area (Å²) in [5.74, 6) is -1.26. The van der Waals surface area contributed by atoms with Crippen molar-refractivity contribution >= 4 is 9.84 Å². The van der Waals surface area contributed by atoms with Crippen molar-refractivity contribution in [2.24, 2.45) is 0 Å². The van der Waals surface area contributed by atoms with Crippen LogP contribution in [0.25, 0.3) is 11.1 Å². The zero-order chi connectivity index (χ0) is 33.7. The Morgan fingerprint density at radius 1 is 1.00 bits per heavy atom. The molecule has 0 spiro atoms. The minimum absolute atomic E-state index is 0.0236. The summed E-state index contributed by atoms with van der Waals surface area (Å²) in [6.07, 6.45) is 2.07. The predicted octanol–water partition coefficient (Wildman–Crippen LogP) is 3.20. The number of nitrogens with one attached hydrogen (secondary N) is 2. The number of hydrogen-bond acceptors (Lipinski definition) is 9. The van der Waals surface area contributed by atoms with Gasteiger partial charge in [0.05, 0.1) is 36.7 Å². The van der Waals surface area contributed by atoms with E-state index >= 15 is 8.78 Å². The van der Waals surface area contributed by atoms with Gasteiger partial charge in [-0.1, -0.05) is 53.7 Å². The molecule has 12 nitrogen and oxygen atoms in total. The van der Waals surface area contributed by atoms with Gasteiger partial charge in [0.2, 0.25) is 0 Å². The first-order valence-electron chi connectivity index (χ1n) is 14.7. The van der Waals surface area contributed by atoms with E-state index < -0.39 is 45.3 Å². The van der Waals surface area contributed by atoms with Crippen LogP contribution in [0.1, 0.15) is 35.1 Å². The van der Waals surface area contributed by atoms with Crippen molar-refractivity contribution in [1.82, 2.24) is 35.1 Å². The Kier molecular flexibility index (Phi) is 10.1. The summed E-state index contributed by atoms with van der Waals surface area (Å²) in [6.45, 7) is 1.17. The number of halogens is 2. The molecule has 0 saturated heterocycles. The molecule has 2 N–H and O–H groups in total. The Hall–Kier alpha value is -5.02. The van der Waals surface area contributed by atoms with E-state index in [1.54, 1.807) is 0 Å². The lowest BCUT2D eigenvalue weighted by molar-refractivity contribution is 0.387. The molecule has 47 heavy (non-hydrogen) atoms. The molecule has 5 aromatic rings. The first kappa shape index (κ1) is 33.3. The maximum absolute atomic E-state index is 15.7. The van der Waals surface area contributed by atoms with E-state index in [9.17, 15) is 18.0 Å². The van der Waals surface area contributed by atoms with Crippen molar-refractivity contribution in [3.63, 3.8) is 0 Å². The second kappa shape index (κ2) is 14.2. The average Bonchev–Trinajstić information content (AvgIpc) is 3.57. The normalized spacial score (nSPS) is 12.3. The van der Waals surface area contributed by atoms with Crippen LogP contribution in [0.15, 0.2) is 81.2 Å². The molecule has 0 radical (unpaired) electrons. The maximum Gasteiger partial charge on any atom is 0.331 e. The molecule has 2 aromatic heterocycles. The largest absolute Gasteiger partial charge is 0.494 e. The standard InChI is InChI=1S/C32H33F2N7O5S/c1-20-29(22-12-7-14-26(46-2)30(22)34)31(42)41(32(43)40(20)18-23-24(33)13-8-15-27(23)47(3,44)45)19-25(21-10-5-4-6-11-21)35-17-9-16-28-36-38-39-37-28/h4-8,10-15,25,35H,9,16-19H2,1-3H3,(H,36,37,38,39). The van der Waals surface area contributed by atoms with Crippen LogP contribution in [0.5, 0.6) is 5.75 Å². The first-order chi connectivity index (χ1) is 22.5. The molecule has 0 saturated carbocycles. The number of H-pyrrole nitrogens is 1. The van der Waals surface area contributed by atoms with E-state index in [2.05, 4.69) is 25.9 Å². The van der Waals surface area contributed by atoms with Gasteiger partial charge in [0, 0.05) is 29.5 Å². The summed E-state index contributed by atoms with van der Waals surface area (Å²) in [5.41, 5.74) is -1.35. The van der Waals surface area contributed by atoms with Crippen molar-refractivity contribution in [2.75, 3.05) is 19.9 Å². The third-order valence-corrected chi connectivity index (χ3v) is 9.04. The third-order valence-electron chi connectivity index (χ3n) is 7.86. The number of aryl methyl sites for hydroxylation is 1. The molecule has 1 atom stereocenters. The molecule has 15 heteroatoms. The van der Waals surface area contributed by atoms with Crippen LogP contribution < -0.4 is 21.3 Å². The molecule has 0 aliphatic heterocycles. The van der Waals surface area contributed by atoms with Crippen molar-refractivity contribution in [2.45, 2.75) is 43.8 Å². The lowest BCUT2D eigenvalue weighted by Gasteiger charge is -2.23. The van der Waals surface area contributed by atoms with E-state index in [4.69, 9.17) is 4.74 Å². The number of aromatic nitrogens is 6. The quantitative estimate of drug-likeness (QED) is 0.181. The second-order valence-corrected chi connectivity index (χ2v) is 12.9. The summed E-state index contributed by atoms with van der Waals surface area (Å²) in [7, 11) is -2.62. The zero-order valence-corrected chi connectivity index (χ0v) is 26.7. The summed E-state index contributed by atoms with van der Waals surface area (Å²) in [6, 6.07) is 16.5. The topological polar surface area (TPSA) is 154 Å². The molecule has 5 rings (SSSR count). The number of aromatic amines is 1. The lowest BCUT2D eigenvalue weighted by Crippen LogP contribution is -2.45. The predicted molar refractivity (Wildman–Crippen MR) is 170 cm³/mol. The summed E-state index contributed by atoms with van der Waals surface area (Å²) >= 11 is 0. The fraction of sp³-hybridized carbons (Fsp3) is 0.281. The smallest absolute Gasteiger partial charge is 0.331 e. The van der Waals surface area contributed by atoms with Crippen LogP contribution in [0.2, 0.25) is 0 Å². The van der Waals surface area contributed by atoms with Crippen molar-refractivity contribution in [3.05, 3.63) is 122 Å². The van der Waals surface area contributed by atoms with E-state index in [-0.39, 0.29) is 39.6 Å². The first-order valence-corrected chi connectivity index (χ1v) is 16.6. The van der Waals surface area contributed by atoms with Crippen LogP contribution in [0.3, 0.4) is 0 Å². The highest BCUT2D eigenvalue weighted by Gasteiger charge is 2.26. The van der Waals surface area contributed by atoms with Crippen LogP contribution in [-0.2, 0) is 29.3 Å². The Balaban J connectivity index is 1.66. The minimum atomic E-state index is -3.91. The summed E-state index contributed by atoms with van der Waals surface area (Å²) < 4.78 is 63.4. The zero-order valence-electron chi connectivity index (χ0n) is 25.9. The highest BCUT2D eigenvalue weighted by molar-refractivity contribution is 7.90. The number of nitrogens with zero attached hydrogens (tertiary/aromatic N) is 5. The monoisotopic (exact) mass is 665 g/mol. The van der Waals surface area contributed by atoms with E-state index in [1.165, 1.54) is 44.4 Å². The highest BCUT2D eigenvalue weighted by atomic mass is 32.2. The lowest BCUT2D eigenvalue weighted by atomic mass is 10.0. The molecule has 2 heterocycles. The Labute approximate surface area is 269 Å². The third kappa shape index (κ3) is 7.20. The van der Waals surface area contributed by atoms with Crippen molar-refractivity contribution < 1.29 is 21.9 Å². The van der Waals surface area contributed by atoms with Gasteiger partial charge in [-0.2, -0.15) is 5.21 Å². The van der Waals surface area contributed by atoms with Gasteiger partial charge < -0.3 is 10.1 Å². The molecule has 0 amide bonds. The fourth-order valence-corrected chi connectivity index (χ4v) is 6.42. The highest BCUT2D eigenvalue weighted by Crippen LogP contribution is 2.29. The molecular formula is C32H33F2N7O5S. The summed E-state index contributed by atoms with van der Waals surface area (Å²) in [5, 5.41) is 17.2. The van der Waals surface area contributed by atoms with Gasteiger partial charge >= 0.3 is 5.69 Å². The number of methoxy groups -OCH3 is 1. The molecule has 0 aliphatic carbocycles. The van der Waals surface area contributed by atoms with Gasteiger partial charge in [0.1, 0.15) is 5.82 Å². The fourth-order valence-electron chi connectivity index (χ4n) is 5.48. The van der Waals surface area contributed by atoms with E-state index in [0.717, 1.165) is 27.0 Å². The Morgan fingerprint density at radius 3 is 2.43 bits per heavy atom. The molecule has 0 fully saturated rings. The van der Waals surface area contributed by atoms with E-state index in [1.807, 2.05) is 30.3 Å². The van der Waals surface area contributed by atoms with E-state index in [0.29, 0.717) is 25.2 Å². The van der Waals surface area contributed by atoms with Crippen molar-refractivity contribution in [1.29, 1.82) is 0 Å². The number of rotatable bonds is 13. The van der Waals surface area contributed by atoms with Crippen LogP contribution in [-0.4, -0.2) is 58.1 Å². The van der Waals surface area contributed by atoms with Gasteiger partial charge in [0.15, 0.2) is 27.2 Å². The molecular weight excluding hydrogens is 632 g/mol. The Morgan fingerprint density at radius 2 is 1.74 bits per heavy atom. The van der Waals surface area contributed by atoms with Crippen LogP contribution >= 0.6 is 0 Å². The van der Waals surface area contributed by atoms with Gasteiger partial charge in [-0.15, -0.1) is 10.2 Å². The average molecular weight is 666 g/mol. The molecule has 1 unspecified atom stereocenters. The number of ether oxygens (including phenoxy) is 1. The molecule has 246 valence electrons. The summed E-state index contributed by atoms with van der Waals surface area (Å²) in [4.78, 5) is 28.1. The minimum Gasteiger partial charge on any atom is -0.494 e. The van der Waals surface area contributed by atoms with Gasteiger partial charge in [-0.25, -0.2) is 22.0 Å². The van der Waals surface area contributed by atoms with Gasteiger partial charge in [-0.3, -0.25) is 13.9 Å². The SMILES string of the molecule is COc1cccc(-c2c(C)n(Cc3c(F)cccc3S(C)(=O)=O)c(=O)n(CC(NCCCc3nn[nH]n3)c3ccccc3)c2=O)c1F. The second-order valence-electron chi connectivity index (χ2n) is 10.9. The number of sulfone groups is 1. The van der Waals surface area contributed by atoms with Crippen LogP contribution in [0, 0.1) is 18.6 Å². The van der Waals surface area contributed by atoms with Crippen molar-refractivity contribution in [3.8, 4) is 16.9 Å². The van der Waals surface area contributed by atoms with Crippen LogP contribution in [0.4, 0.5) is 8.78 Å². The number of hydrogen-bond donors (Lipinski definition) is 2. The number of benzene rings is 3. The molecule has 0 aliphatic rings. The molecule has 0 bridgehead atoms. The van der Waals surface area contributed by atoms with Gasteiger partial charge in [0.25, 0.3) is 5.56 Å². The Bertz CT molecular complexity index is 2100. The van der Waals surface area contributed by atoms with Gasteiger partial charge in [-0.05, 0) is 43.7 Å².